The summed E-state index contributed by atoms with van der Waals surface area (Å²) in [6.45, 7) is 8.58. The predicted molar refractivity (Wildman–Crippen MR) is 143 cm³/mol. The van der Waals surface area contributed by atoms with E-state index in [0.29, 0.717) is 30.4 Å². The summed E-state index contributed by atoms with van der Waals surface area (Å²) in [5.41, 5.74) is 0.908. The van der Waals surface area contributed by atoms with E-state index in [0.717, 1.165) is 11.8 Å². The van der Waals surface area contributed by atoms with Crippen LogP contribution in [-0.4, -0.2) is 62.7 Å². The second kappa shape index (κ2) is 11.9. The van der Waals surface area contributed by atoms with Crippen molar-refractivity contribution in [3.05, 3.63) is 54.1 Å². The van der Waals surface area contributed by atoms with Gasteiger partial charge in [0.15, 0.2) is 11.5 Å². The molecule has 9 nitrogen and oxygen atoms in total. The van der Waals surface area contributed by atoms with E-state index in [1.54, 1.807) is 30.0 Å². The molecule has 0 bridgehead atoms. The van der Waals surface area contributed by atoms with Crippen LogP contribution in [0, 0.1) is 0 Å². The first kappa shape index (κ1) is 28.3. The fraction of sp³-hybridized carbons (Fsp3) is 0.481. The molecule has 1 aliphatic heterocycles. The van der Waals surface area contributed by atoms with Gasteiger partial charge in [0.1, 0.15) is 19.3 Å². The van der Waals surface area contributed by atoms with Crippen LogP contribution in [0.4, 0.5) is 5.69 Å². The average molecular weight is 532 g/mol. The summed E-state index contributed by atoms with van der Waals surface area (Å²) in [5.74, 6) is 0.584. The van der Waals surface area contributed by atoms with Gasteiger partial charge in [-0.2, -0.15) is 0 Å². The lowest BCUT2D eigenvalue weighted by Crippen LogP contribution is -2.52. The lowest BCUT2D eigenvalue weighted by atomic mass is 10.1. The standard InChI is InChI=1S/C27H37N3O6S/c1-20(26(32)28-27(2,3)4)29(19-21-10-7-6-8-11-21)25(31)12-9-15-30(37(5,33)34)22-13-14-23-24(18-22)36-17-16-35-23/h6-8,10-11,13-14,18,20H,9,12,15-17,19H2,1-5H3,(H,28,32)/t20-/m0/s1. The van der Waals surface area contributed by atoms with Gasteiger partial charge < -0.3 is 19.7 Å². The van der Waals surface area contributed by atoms with Crippen molar-refractivity contribution in [1.82, 2.24) is 10.2 Å². The van der Waals surface area contributed by atoms with Gasteiger partial charge in [-0.3, -0.25) is 13.9 Å². The minimum absolute atomic E-state index is 0.0799. The van der Waals surface area contributed by atoms with E-state index in [-0.39, 0.29) is 37.7 Å². The van der Waals surface area contributed by atoms with Crippen molar-refractivity contribution in [2.24, 2.45) is 0 Å². The second-order valence-electron chi connectivity index (χ2n) is 10.2. The molecule has 0 saturated heterocycles. The van der Waals surface area contributed by atoms with Crippen molar-refractivity contribution in [3.63, 3.8) is 0 Å². The molecule has 2 aromatic carbocycles. The van der Waals surface area contributed by atoms with Crippen molar-refractivity contribution >= 4 is 27.5 Å². The second-order valence-corrected chi connectivity index (χ2v) is 12.1. The minimum atomic E-state index is -3.61. The minimum Gasteiger partial charge on any atom is -0.486 e. The Labute approximate surface area is 219 Å². The molecule has 2 amide bonds. The zero-order valence-electron chi connectivity index (χ0n) is 22.2. The summed E-state index contributed by atoms with van der Waals surface area (Å²) in [7, 11) is -3.61. The van der Waals surface area contributed by atoms with E-state index in [9.17, 15) is 18.0 Å². The van der Waals surface area contributed by atoms with Crippen LogP contribution in [0.1, 0.15) is 46.1 Å². The number of nitrogens with zero attached hydrogens (tertiary/aromatic N) is 2. The highest BCUT2D eigenvalue weighted by Gasteiger charge is 2.29. The molecule has 3 rings (SSSR count). The van der Waals surface area contributed by atoms with Crippen molar-refractivity contribution in [2.75, 3.05) is 30.3 Å². The Kier molecular flexibility index (Phi) is 9.07. The molecule has 10 heteroatoms. The van der Waals surface area contributed by atoms with Gasteiger partial charge in [0.25, 0.3) is 0 Å². The Morgan fingerprint density at radius 1 is 1.03 bits per heavy atom. The fourth-order valence-electron chi connectivity index (χ4n) is 4.03. The van der Waals surface area contributed by atoms with Crippen molar-refractivity contribution in [1.29, 1.82) is 0 Å². The third-order valence-corrected chi connectivity index (χ3v) is 7.02. The molecule has 0 spiro atoms. The first-order valence-corrected chi connectivity index (χ1v) is 14.2. The van der Waals surface area contributed by atoms with Crippen LogP contribution in [0.15, 0.2) is 48.5 Å². The molecule has 0 radical (unpaired) electrons. The molecule has 0 aromatic heterocycles. The number of carbonyl (C=O) groups is 2. The normalized spacial score (nSPS) is 14.0. The molecule has 2 aromatic rings. The van der Waals surface area contributed by atoms with Gasteiger partial charge in [0, 0.05) is 31.1 Å². The van der Waals surface area contributed by atoms with Crippen LogP contribution in [0.3, 0.4) is 0 Å². The Hall–Kier alpha value is -3.27. The first-order chi connectivity index (χ1) is 17.3. The van der Waals surface area contributed by atoms with Crippen molar-refractivity contribution in [2.45, 2.75) is 58.7 Å². The number of nitrogens with one attached hydrogen (secondary N) is 1. The lowest BCUT2D eigenvalue weighted by Gasteiger charge is -2.32. The monoisotopic (exact) mass is 531 g/mol. The van der Waals surface area contributed by atoms with Gasteiger partial charge in [-0.1, -0.05) is 30.3 Å². The molecule has 202 valence electrons. The van der Waals surface area contributed by atoms with Gasteiger partial charge in [0.05, 0.1) is 11.9 Å². The molecule has 1 atom stereocenters. The summed E-state index contributed by atoms with van der Waals surface area (Å²) in [6, 6.07) is 13.8. The number of hydrogen-bond donors (Lipinski definition) is 1. The number of amides is 2. The van der Waals surface area contributed by atoms with Gasteiger partial charge in [0.2, 0.25) is 21.8 Å². The van der Waals surface area contributed by atoms with Crippen LogP contribution in [0.2, 0.25) is 0 Å². The highest BCUT2D eigenvalue weighted by Crippen LogP contribution is 2.34. The molecule has 0 aliphatic carbocycles. The number of benzene rings is 2. The maximum absolute atomic E-state index is 13.4. The number of fused-ring (bicyclic) bond motifs is 1. The van der Waals surface area contributed by atoms with Gasteiger partial charge in [-0.15, -0.1) is 0 Å². The van der Waals surface area contributed by atoms with E-state index in [1.165, 1.54) is 4.31 Å². The highest BCUT2D eigenvalue weighted by molar-refractivity contribution is 7.92. The van der Waals surface area contributed by atoms with Gasteiger partial charge >= 0.3 is 0 Å². The molecule has 37 heavy (non-hydrogen) atoms. The Morgan fingerprint density at radius 2 is 1.68 bits per heavy atom. The number of rotatable bonds is 10. The highest BCUT2D eigenvalue weighted by atomic mass is 32.2. The lowest BCUT2D eigenvalue weighted by molar-refractivity contribution is -0.141. The average Bonchev–Trinajstić information content (AvgIpc) is 2.83. The molecule has 0 unspecified atom stereocenters. The first-order valence-electron chi connectivity index (χ1n) is 12.4. The summed E-state index contributed by atoms with van der Waals surface area (Å²) in [4.78, 5) is 27.8. The molecule has 1 aliphatic rings. The summed E-state index contributed by atoms with van der Waals surface area (Å²) < 4.78 is 37.6. The molecule has 1 heterocycles. The van der Waals surface area contributed by atoms with Crippen LogP contribution >= 0.6 is 0 Å². The largest absolute Gasteiger partial charge is 0.486 e. The SMILES string of the molecule is C[C@@H](C(=O)NC(C)(C)C)N(Cc1ccccc1)C(=O)CCCN(c1ccc2c(c1)OCCO2)S(C)(=O)=O. The predicted octanol–water partition coefficient (Wildman–Crippen LogP) is 3.34. The van der Waals surface area contributed by atoms with Crippen molar-refractivity contribution < 1.29 is 27.5 Å². The summed E-state index contributed by atoms with van der Waals surface area (Å²) in [5, 5.41) is 2.94. The van der Waals surface area contributed by atoms with Crippen LogP contribution in [0.25, 0.3) is 0 Å². The van der Waals surface area contributed by atoms with Crippen LogP contribution in [0.5, 0.6) is 11.5 Å². The number of ether oxygens (including phenoxy) is 2. The molecular formula is C27H37N3O6S. The molecular weight excluding hydrogens is 494 g/mol. The molecule has 0 fully saturated rings. The number of sulfonamides is 1. The van der Waals surface area contributed by atoms with Crippen LogP contribution in [-0.2, 0) is 26.2 Å². The van der Waals surface area contributed by atoms with E-state index in [2.05, 4.69) is 5.32 Å². The quantitative estimate of drug-likeness (QED) is 0.504. The fourth-order valence-corrected chi connectivity index (χ4v) is 4.99. The third-order valence-electron chi connectivity index (χ3n) is 5.83. The Morgan fingerprint density at radius 3 is 2.30 bits per heavy atom. The maximum atomic E-state index is 13.4. The Balaban J connectivity index is 1.73. The smallest absolute Gasteiger partial charge is 0.242 e. The zero-order valence-corrected chi connectivity index (χ0v) is 23.0. The van der Waals surface area contributed by atoms with Crippen molar-refractivity contribution in [3.8, 4) is 11.5 Å². The van der Waals surface area contributed by atoms with E-state index in [1.807, 2.05) is 51.1 Å². The summed E-state index contributed by atoms with van der Waals surface area (Å²) in [6.07, 6.45) is 1.49. The maximum Gasteiger partial charge on any atom is 0.242 e. The summed E-state index contributed by atoms with van der Waals surface area (Å²) >= 11 is 0. The van der Waals surface area contributed by atoms with E-state index < -0.39 is 21.6 Å². The van der Waals surface area contributed by atoms with Gasteiger partial charge in [-0.05, 0) is 51.8 Å². The molecule has 0 saturated carbocycles. The number of hydrogen-bond acceptors (Lipinski definition) is 6. The molecule has 1 N–H and O–H groups in total. The Bertz CT molecular complexity index is 1190. The topological polar surface area (TPSA) is 105 Å². The van der Waals surface area contributed by atoms with Gasteiger partial charge in [-0.25, -0.2) is 8.42 Å². The van der Waals surface area contributed by atoms with E-state index >= 15 is 0 Å². The van der Waals surface area contributed by atoms with Crippen LogP contribution < -0.4 is 19.1 Å². The number of carbonyl (C=O) groups excluding carboxylic acids is 2. The number of anilines is 1. The van der Waals surface area contributed by atoms with E-state index in [4.69, 9.17) is 9.47 Å². The zero-order chi connectivity index (χ0) is 27.2. The third kappa shape index (κ3) is 8.11.